The monoisotopic (exact) mass is 611 g/mol. The van der Waals surface area contributed by atoms with Crippen molar-refractivity contribution in [3.63, 3.8) is 0 Å². The highest BCUT2D eigenvalue weighted by molar-refractivity contribution is 6.06. The van der Waals surface area contributed by atoms with Crippen molar-refractivity contribution >= 4 is 34.3 Å². The van der Waals surface area contributed by atoms with E-state index in [1.807, 2.05) is 26.0 Å². The smallest absolute Gasteiger partial charge is 0.245 e. The van der Waals surface area contributed by atoms with Gasteiger partial charge in [0, 0.05) is 42.4 Å². The molecule has 6 rings (SSSR count). The molecule has 3 atom stereocenters. The molecule has 238 valence electrons. The van der Waals surface area contributed by atoms with Crippen molar-refractivity contribution in [2.75, 3.05) is 6.54 Å². The van der Waals surface area contributed by atoms with E-state index in [1.54, 1.807) is 9.58 Å². The highest BCUT2D eigenvalue weighted by atomic mass is 16.2. The van der Waals surface area contributed by atoms with E-state index in [1.165, 1.54) is 6.92 Å². The zero-order valence-electron chi connectivity index (χ0n) is 27.2. The number of carbonyl (C=O) groups is 4. The molecule has 1 aliphatic carbocycles. The molecule has 3 aromatic rings. The number of benzene rings is 1. The number of aromatic nitrogens is 3. The average molecular weight is 612 g/mol. The lowest BCUT2D eigenvalue weighted by Gasteiger charge is -2.27. The summed E-state index contributed by atoms with van der Waals surface area (Å²) in [5, 5.41) is 8.67. The molecule has 0 spiro atoms. The molecular formula is C36H45N5O4. The first kappa shape index (κ1) is 31.1. The molecule has 9 nitrogen and oxygen atoms in total. The summed E-state index contributed by atoms with van der Waals surface area (Å²) in [4.78, 5) is 60.3. The Morgan fingerprint density at radius 2 is 1.80 bits per heavy atom. The fourth-order valence-corrected chi connectivity index (χ4v) is 7.52. The van der Waals surface area contributed by atoms with Crippen LogP contribution in [-0.4, -0.2) is 61.7 Å². The molecule has 2 aromatic heterocycles. The lowest BCUT2D eigenvalue weighted by molar-refractivity contribution is -0.139. The van der Waals surface area contributed by atoms with E-state index >= 15 is 0 Å². The minimum absolute atomic E-state index is 0.0335. The van der Waals surface area contributed by atoms with Gasteiger partial charge in [-0.1, -0.05) is 38.8 Å². The van der Waals surface area contributed by atoms with Crippen LogP contribution in [0.4, 0.5) is 0 Å². The van der Waals surface area contributed by atoms with Gasteiger partial charge in [0.1, 0.15) is 12.2 Å². The topological polar surface area (TPSA) is 114 Å². The number of pyridine rings is 1. The molecule has 9 heteroatoms. The van der Waals surface area contributed by atoms with Gasteiger partial charge in [-0.05, 0) is 80.7 Å². The summed E-state index contributed by atoms with van der Waals surface area (Å²) >= 11 is 0. The summed E-state index contributed by atoms with van der Waals surface area (Å²) in [7, 11) is 0. The van der Waals surface area contributed by atoms with Crippen LogP contribution >= 0.6 is 0 Å². The molecule has 1 aromatic carbocycles. The Morgan fingerprint density at radius 3 is 2.53 bits per heavy atom. The fraction of sp³-hybridized carbons (Fsp3) is 0.556. The Kier molecular flexibility index (Phi) is 8.39. The number of amides is 2. The van der Waals surface area contributed by atoms with Crippen LogP contribution in [0.2, 0.25) is 0 Å². The number of Topliss-reactive ketones (excluding diaryl/α,β-unsaturated/α-hetero) is 2. The van der Waals surface area contributed by atoms with Crippen molar-refractivity contribution < 1.29 is 19.2 Å². The van der Waals surface area contributed by atoms with Gasteiger partial charge in [-0.2, -0.15) is 5.10 Å². The minimum Gasteiger partial charge on any atom is -0.355 e. The molecule has 2 fully saturated rings. The van der Waals surface area contributed by atoms with Crippen LogP contribution in [0, 0.1) is 19.3 Å². The molecule has 4 heterocycles. The third kappa shape index (κ3) is 6.06. The molecule has 3 aliphatic rings. The van der Waals surface area contributed by atoms with Crippen molar-refractivity contribution in [2.24, 2.45) is 5.41 Å². The Morgan fingerprint density at radius 1 is 1.04 bits per heavy atom. The van der Waals surface area contributed by atoms with Crippen molar-refractivity contribution in [3.05, 3.63) is 58.0 Å². The summed E-state index contributed by atoms with van der Waals surface area (Å²) in [6, 6.07) is 7.44. The van der Waals surface area contributed by atoms with Crippen molar-refractivity contribution in [2.45, 2.75) is 117 Å². The maximum Gasteiger partial charge on any atom is 0.245 e. The van der Waals surface area contributed by atoms with Crippen molar-refractivity contribution in [3.8, 4) is 0 Å². The number of hydrogen-bond acceptors (Lipinski definition) is 6. The van der Waals surface area contributed by atoms with Gasteiger partial charge in [0.05, 0.1) is 23.7 Å². The van der Waals surface area contributed by atoms with Gasteiger partial charge >= 0.3 is 0 Å². The quantitative estimate of drug-likeness (QED) is 0.399. The maximum absolute atomic E-state index is 14.3. The second kappa shape index (κ2) is 12.1. The largest absolute Gasteiger partial charge is 0.355 e. The van der Waals surface area contributed by atoms with E-state index in [2.05, 4.69) is 36.3 Å². The summed E-state index contributed by atoms with van der Waals surface area (Å²) in [6.07, 6.45) is 6.41. The van der Waals surface area contributed by atoms with Crippen LogP contribution < -0.4 is 5.32 Å². The number of carbonyl (C=O) groups excluding carboxylic acids is 4. The molecular weight excluding hydrogens is 566 g/mol. The van der Waals surface area contributed by atoms with Crippen LogP contribution in [0.5, 0.6) is 0 Å². The molecule has 0 unspecified atom stereocenters. The molecule has 45 heavy (non-hydrogen) atoms. The molecule has 0 radical (unpaired) electrons. The van der Waals surface area contributed by atoms with Gasteiger partial charge in [-0.25, -0.2) is 0 Å². The zero-order chi connectivity index (χ0) is 32.0. The van der Waals surface area contributed by atoms with E-state index in [0.29, 0.717) is 25.1 Å². The normalized spacial score (nSPS) is 24.0. The van der Waals surface area contributed by atoms with Gasteiger partial charge in [-0.15, -0.1) is 0 Å². The maximum atomic E-state index is 14.3. The zero-order valence-corrected chi connectivity index (χ0v) is 27.2. The van der Waals surface area contributed by atoms with Crippen LogP contribution in [0.1, 0.15) is 110 Å². The van der Waals surface area contributed by atoms with Gasteiger partial charge in [-0.3, -0.25) is 28.8 Å². The number of nitrogens with zero attached hydrogens (tertiary/aromatic N) is 4. The number of hydrogen-bond donors (Lipinski definition) is 1. The molecule has 2 bridgehead atoms. The lowest BCUT2D eigenvalue weighted by Crippen LogP contribution is -2.45. The molecule has 1 saturated carbocycles. The van der Waals surface area contributed by atoms with Crippen LogP contribution in [0.3, 0.4) is 0 Å². The van der Waals surface area contributed by atoms with E-state index in [0.717, 1.165) is 77.5 Å². The summed E-state index contributed by atoms with van der Waals surface area (Å²) in [6.45, 7) is 10.1. The van der Waals surface area contributed by atoms with E-state index in [9.17, 15) is 19.2 Å². The summed E-state index contributed by atoms with van der Waals surface area (Å²) in [5.74, 6) is -0.0410. The Labute approximate surface area is 265 Å². The van der Waals surface area contributed by atoms with Gasteiger partial charge in [0.25, 0.3) is 0 Å². The highest BCUT2D eigenvalue weighted by Crippen LogP contribution is 2.59. The van der Waals surface area contributed by atoms with Crippen molar-refractivity contribution in [1.82, 2.24) is 25.0 Å². The minimum atomic E-state index is -0.602. The van der Waals surface area contributed by atoms with E-state index in [4.69, 9.17) is 5.10 Å². The van der Waals surface area contributed by atoms with E-state index in [-0.39, 0.29) is 53.7 Å². The standard InChI is InChI=1S/C36H45N5O4/c1-21(2)26-14-25-10-8-6-7-9-11-32(44)37-20-36-17-29(30(43)16-28-22(3)12-13-23(4)38-28)41(31(36)18-36)33(45)19-40-35(25)27(15-26)34(39-40)24(5)42/h12-15,21,29,31H,6-11,16-20H2,1-5H3,(H,37,44)/t29-,31+,36-/m0/s1. The Balaban J connectivity index is 1.39. The Hall–Kier alpha value is -3.88. The SMILES string of the molecule is CC(=O)c1nn2c3c(cc(C(C)C)cc13)CCCCCCC(=O)NC[C@@]13C[C@@H](C(=O)Cc4nc(C)ccc4C)N(C(=O)C2)[C@@H]1C3. The van der Waals surface area contributed by atoms with Crippen molar-refractivity contribution in [1.29, 1.82) is 0 Å². The molecule has 2 aliphatic heterocycles. The first-order valence-electron chi connectivity index (χ1n) is 16.6. The molecule has 2 amide bonds. The number of nitrogens with one attached hydrogen (secondary N) is 1. The van der Waals surface area contributed by atoms with Crippen LogP contribution in [-0.2, 0) is 33.8 Å². The fourth-order valence-electron chi connectivity index (χ4n) is 7.52. The first-order chi connectivity index (χ1) is 21.5. The number of piperidine rings is 1. The molecule has 1 N–H and O–H groups in total. The van der Waals surface area contributed by atoms with Gasteiger partial charge < -0.3 is 10.2 Å². The number of rotatable bonds is 5. The first-order valence-corrected chi connectivity index (χ1v) is 16.6. The van der Waals surface area contributed by atoms with Crippen LogP contribution in [0.15, 0.2) is 24.3 Å². The summed E-state index contributed by atoms with van der Waals surface area (Å²) in [5.41, 5.74) is 5.68. The van der Waals surface area contributed by atoms with E-state index < -0.39 is 6.04 Å². The third-order valence-corrected chi connectivity index (χ3v) is 10.2. The van der Waals surface area contributed by atoms with Gasteiger partial charge in [0.15, 0.2) is 11.6 Å². The second-order valence-corrected chi connectivity index (χ2v) is 13.9. The summed E-state index contributed by atoms with van der Waals surface area (Å²) < 4.78 is 1.71. The highest BCUT2D eigenvalue weighted by Gasteiger charge is 2.66. The lowest BCUT2D eigenvalue weighted by atomic mass is 9.94. The number of ketones is 2. The predicted octanol–water partition coefficient (Wildman–Crippen LogP) is 5.17. The molecule has 1 saturated heterocycles. The van der Waals surface area contributed by atoms with Crippen LogP contribution in [0.25, 0.3) is 10.9 Å². The predicted molar refractivity (Wildman–Crippen MR) is 172 cm³/mol. The third-order valence-electron chi connectivity index (χ3n) is 10.2. The second-order valence-electron chi connectivity index (χ2n) is 13.9. The van der Waals surface area contributed by atoms with Gasteiger partial charge in [0.2, 0.25) is 11.8 Å². The Bertz CT molecular complexity index is 1690. The average Bonchev–Trinajstić information content (AvgIpc) is 3.40. The number of aryl methyl sites for hydroxylation is 3.